The zero-order valence-electron chi connectivity index (χ0n) is 8.81. The van der Waals surface area contributed by atoms with Crippen molar-refractivity contribution in [3.05, 3.63) is 29.8 Å². The second-order valence-electron chi connectivity index (χ2n) is 3.69. The van der Waals surface area contributed by atoms with Gasteiger partial charge in [0, 0.05) is 25.7 Å². The molecule has 1 rings (SSSR count). The highest BCUT2D eigenvalue weighted by molar-refractivity contribution is 5.46. The molecule has 0 aliphatic carbocycles. The van der Waals surface area contributed by atoms with E-state index in [1.165, 1.54) is 0 Å². The van der Waals surface area contributed by atoms with Crippen LogP contribution in [0.5, 0.6) is 0 Å². The number of benzene rings is 1. The molecule has 0 saturated carbocycles. The highest BCUT2D eigenvalue weighted by atomic mass is 16.5. The molecule has 0 amide bonds. The van der Waals surface area contributed by atoms with Gasteiger partial charge in [0.25, 0.3) is 0 Å². The smallest absolute Gasteiger partial charge is 0.158 e. The fourth-order valence-corrected chi connectivity index (χ4v) is 1.25. The number of aliphatic hydroxyl groups is 2. The number of rotatable bonds is 3. The Kier molecular flexibility index (Phi) is 3.49. The molecule has 14 heavy (non-hydrogen) atoms. The van der Waals surface area contributed by atoms with Crippen LogP contribution in [0, 0.1) is 0 Å². The third-order valence-electron chi connectivity index (χ3n) is 2.38. The summed E-state index contributed by atoms with van der Waals surface area (Å²) in [5.41, 5.74) is 2.04. The first-order valence-electron chi connectivity index (χ1n) is 4.66. The van der Waals surface area contributed by atoms with Crippen molar-refractivity contribution in [2.75, 3.05) is 19.0 Å². The minimum Gasteiger partial charge on any atom is -0.378 e. The van der Waals surface area contributed by atoms with E-state index in [-0.39, 0.29) is 5.92 Å². The molecular weight excluding hydrogens is 178 g/mol. The Morgan fingerprint density at radius 2 is 1.57 bits per heavy atom. The van der Waals surface area contributed by atoms with Crippen molar-refractivity contribution in [2.45, 2.75) is 19.1 Å². The zero-order chi connectivity index (χ0) is 10.7. The lowest BCUT2D eigenvalue weighted by Crippen LogP contribution is -2.14. The number of nitrogens with zero attached hydrogens (tertiary/aromatic N) is 1. The average Bonchev–Trinajstić information content (AvgIpc) is 2.16. The highest BCUT2D eigenvalue weighted by Crippen LogP contribution is 2.20. The molecule has 0 aromatic heterocycles. The van der Waals surface area contributed by atoms with E-state index in [1.807, 2.05) is 43.3 Å². The molecule has 0 spiro atoms. The Balaban J connectivity index is 2.83. The molecule has 0 heterocycles. The zero-order valence-corrected chi connectivity index (χ0v) is 8.81. The van der Waals surface area contributed by atoms with E-state index in [0.717, 1.165) is 11.3 Å². The summed E-state index contributed by atoms with van der Waals surface area (Å²) in [5.74, 6) is -0.244. The van der Waals surface area contributed by atoms with Crippen LogP contribution in [0.25, 0.3) is 0 Å². The SMILES string of the molecule is CC(c1ccc(N(C)C)cc1)C(O)O. The molecule has 3 heteroatoms. The maximum atomic E-state index is 9.00. The van der Waals surface area contributed by atoms with E-state index >= 15 is 0 Å². The van der Waals surface area contributed by atoms with Crippen LogP contribution in [-0.4, -0.2) is 30.6 Å². The molecule has 0 aliphatic heterocycles. The van der Waals surface area contributed by atoms with E-state index in [0.29, 0.717) is 0 Å². The lowest BCUT2D eigenvalue weighted by Gasteiger charge is -2.16. The molecular formula is C11H17NO2. The first-order chi connectivity index (χ1) is 6.52. The molecule has 2 N–H and O–H groups in total. The molecule has 1 aromatic carbocycles. The molecule has 78 valence electrons. The van der Waals surface area contributed by atoms with Crippen LogP contribution in [0.2, 0.25) is 0 Å². The normalized spacial score (nSPS) is 13.0. The summed E-state index contributed by atoms with van der Waals surface area (Å²) < 4.78 is 0. The lowest BCUT2D eigenvalue weighted by atomic mass is 10.0. The number of hydrogen-bond acceptors (Lipinski definition) is 3. The molecule has 1 unspecified atom stereocenters. The second kappa shape index (κ2) is 4.44. The van der Waals surface area contributed by atoms with Crippen LogP contribution in [-0.2, 0) is 0 Å². The van der Waals surface area contributed by atoms with Gasteiger partial charge in [-0.05, 0) is 17.7 Å². The monoisotopic (exact) mass is 195 g/mol. The van der Waals surface area contributed by atoms with Gasteiger partial charge in [-0.3, -0.25) is 0 Å². The van der Waals surface area contributed by atoms with Crippen LogP contribution in [0.4, 0.5) is 5.69 Å². The standard InChI is InChI=1S/C11H17NO2/c1-8(11(13)14)9-4-6-10(7-5-9)12(2)3/h4-8,11,13-14H,1-3H3. The van der Waals surface area contributed by atoms with Gasteiger partial charge in [0.15, 0.2) is 6.29 Å². The Hall–Kier alpha value is -1.06. The summed E-state index contributed by atoms with van der Waals surface area (Å²) in [5, 5.41) is 18.0. The summed E-state index contributed by atoms with van der Waals surface area (Å²) in [4.78, 5) is 2.00. The summed E-state index contributed by atoms with van der Waals surface area (Å²) in [7, 11) is 3.94. The molecule has 0 bridgehead atoms. The van der Waals surface area contributed by atoms with E-state index in [9.17, 15) is 0 Å². The molecule has 3 nitrogen and oxygen atoms in total. The average molecular weight is 195 g/mol. The summed E-state index contributed by atoms with van der Waals surface area (Å²) in [6.07, 6.45) is -1.29. The van der Waals surface area contributed by atoms with Crippen LogP contribution in [0.15, 0.2) is 24.3 Å². The Labute approximate surface area is 84.6 Å². The van der Waals surface area contributed by atoms with Gasteiger partial charge in [-0.1, -0.05) is 19.1 Å². The predicted octanol–water partition coefficient (Wildman–Crippen LogP) is 1.17. The summed E-state index contributed by atoms with van der Waals surface area (Å²) in [6, 6.07) is 7.77. The molecule has 0 saturated heterocycles. The maximum absolute atomic E-state index is 9.00. The Morgan fingerprint density at radius 1 is 1.07 bits per heavy atom. The van der Waals surface area contributed by atoms with Crippen LogP contribution < -0.4 is 4.90 Å². The number of hydrogen-bond donors (Lipinski definition) is 2. The van der Waals surface area contributed by atoms with Crippen LogP contribution >= 0.6 is 0 Å². The Bertz CT molecular complexity index is 280. The van der Waals surface area contributed by atoms with E-state index in [1.54, 1.807) is 6.92 Å². The largest absolute Gasteiger partial charge is 0.378 e. The van der Waals surface area contributed by atoms with Gasteiger partial charge in [0.05, 0.1) is 0 Å². The van der Waals surface area contributed by atoms with Gasteiger partial charge in [0.1, 0.15) is 0 Å². The first kappa shape index (κ1) is 11.0. The highest BCUT2D eigenvalue weighted by Gasteiger charge is 2.12. The first-order valence-corrected chi connectivity index (χ1v) is 4.66. The fraction of sp³-hybridized carbons (Fsp3) is 0.455. The van der Waals surface area contributed by atoms with E-state index in [2.05, 4.69) is 0 Å². The number of anilines is 1. The van der Waals surface area contributed by atoms with Gasteiger partial charge < -0.3 is 15.1 Å². The third-order valence-corrected chi connectivity index (χ3v) is 2.38. The van der Waals surface area contributed by atoms with Crippen molar-refractivity contribution < 1.29 is 10.2 Å². The van der Waals surface area contributed by atoms with Crippen molar-refractivity contribution in [1.82, 2.24) is 0 Å². The van der Waals surface area contributed by atoms with Crippen molar-refractivity contribution in [1.29, 1.82) is 0 Å². The molecule has 1 atom stereocenters. The van der Waals surface area contributed by atoms with E-state index in [4.69, 9.17) is 10.2 Å². The molecule has 0 fully saturated rings. The molecule has 0 radical (unpaired) electrons. The minimum absolute atomic E-state index is 0.244. The quantitative estimate of drug-likeness (QED) is 0.711. The van der Waals surface area contributed by atoms with Crippen LogP contribution in [0.3, 0.4) is 0 Å². The minimum atomic E-state index is -1.29. The van der Waals surface area contributed by atoms with Gasteiger partial charge in [-0.25, -0.2) is 0 Å². The van der Waals surface area contributed by atoms with Crippen LogP contribution in [0.1, 0.15) is 18.4 Å². The maximum Gasteiger partial charge on any atom is 0.158 e. The van der Waals surface area contributed by atoms with Crippen molar-refractivity contribution >= 4 is 5.69 Å². The number of aliphatic hydroxyl groups excluding tert-OH is 1. The fourth-order valence-electron chi connectivity index (χ4n) is 1.25. The van der Waals surface area contributed by atoms with Gasteiger partial charge in [-0.2, -0.15) is 0 Å². The topological polar surface area (TPSA) is 43.7 Å². The lowest BCUT2D eigenvalue weighted by molar-refractivity contribution is -0.0561. The molecule has 0 aliphatic rings. The molecule has 1 aromatic rings. The Morgan fingerprint density at radius 3 is 1.93 bits per heavy atom. The summed E-state index contributed by atoms with van der Waals surface area (Å²) in [6.45, 7) is 1.79. The van der Waals surface area contributed by atoms with Crippen molar-refractivity contribution in [2.24, 2.45) is 0 Å². The summed E-state index contributed by atoms with van der Waals surface area (Å²) >= 11 is 0. The van der Waals surface area contributed by atoms with Crippen molar-refractivity contribution in [3.63, 3.8) is 0 Å². The third kappa shape index (κ3) is 2.47. The van der Waals surface area contributed by atoms with Crippen molar-refractivity contribution in [3.8, 4) is 0 Å². The predicted molar refractivity (Wildman–Crippen MR) is 57.4 cm³/mol. The van der Waals surface area contributed by atoms with Gasteiger partial charge >= 0.3 is 0 Å². The van der Waals surface area contributed by atoms with Gasteiger partial charge in [0.2, 0.25) is 0 Å². The second-order valence-corrected chi connectivity index (χ2v) is 3.69. The van der Waals surface area contributed by atoms with Gasteiger partial charge in [-0.15, -0.1) is 0 Å². The van der Waals surface area contributed by atoms with E-state index < -0.39 is 6.29 Å².